The number of rotatable bonds is 7. The Bertz CT molecular complexity index is 780. The highest BCUT2D eigenvalue weighted by Gasteiger charge is 2.25. The predicted molar refractivity (Wildman–Crippen MR) is 105 cm³/mol. The van der Waals surface area contributed by atoms with E-state index < -0.39 is 6.04 Å². The summed E-state index contributed by atoms with van der Waals surface area (Å²) in [6, 6.07) is 13.9. The Labute approximate surface area is 164 Å². The van der Waals surface area contributed by atoms with Gasteiger partial charge in [-0.2, -0.15) is 0 Å². The van der Waals surface area contributed by atoms with Crippen molar-refractivity contribution in [3.63, 3.8) is 0 Å². The quantitative estimate of drug-likeness (QED) is 0.771. The van der Waals surface area contributed by atoms with Crippen LogP contribution >= 0.6 is 23.2 Å². The molecule has 0 heterocycles. The first-order chi connectivity index (χ1) is 12.4. The van der Waals surface area contributed by atoms with Crippen LogP contribution in [0.5, 0.6) is 0 Å². The standard InChI is InChI=1S/C20H22Cl2N2O2/c1-3-23-20(26)14(2)24(13-16-7-5-9-18(22)11-16)19(25)12-15-6-4-8-17(21)10-15/h4-11,14H,3,12-13H2,1-2H3,(H,23,26)/t14-/m0/s1. The Kier molecular flexibility index (Phi) is 7.49. The molecule has 0 fully saturated rings. The molecule has 138 valence electrons. The highest BCUT2D eigenvalue weighted by atomic mass is 35.5. The molecule has 0 radical (unpaired) electrons. The summed E-state index contributed by atoms with van der Waals surface area (Å²) in [6.45, 7) is 4.39. The number of nitrogens with one attached hydrogen (secondary N) is 1. The number of nitrogens with zero attached hydrogens (tertiary/aromatic N) is 1. The fourth-order valence-electron chi connectivity index (χ4n) is 2.66. The maximum Gasteiger partial charge on any atom is 0.242 e. The minimum absolute atomic E-state index is 0.147. The molecule has 4 nitrogen and oxygen atoms in total. The van der Waals surface area contributed by atoms with Gasteiger partial charge < -0.3 is 10.2 Å². The summed E-state index contributed by atoms with van der Waals surface area (Å²) >= 11 is 12.1. The molecule has 2 aromatic carbocycles. The molecule has 0 aliphatic heterocycles. The van der Waals surface area contributed by atoms with Crippen molar-refractivity contribution in [3.05, 3.63) is 69.7 Å². The van der Waals surface area contributed by atoms with E-state index in [2.05, 4.69) is 5.32 Å². The molecule has 2 amide bonds. The molecular formula is C20H22Cl2N2O2. The van der Waals surface area contributed by atoms with Crippen molar-refractivity contribution in [1.82, 2.24) is 10.2 Å². The zero-order valence-electron chi connectivity index (χ0n) is 14.8. The van der Waals surface area contributed by atoms with Gasteiger partial charge in [-0.25, -0.2) is 0 Å². The Balaban J connectivity index is 2.23. The molecule has 0 aliphatic carbocycles. The number of hydrogen-bond donors (Lipinski definition) is 1. The molecule has 1 atom stereocenters. The van der Waals surface area contributed by atoms with Crippen molar-refractivity contribution < 1.29 is 9.59 Å². The van der Waals surface area contributed by atoms with Crippen molar-refractivity contribution in [2.75, 3.05) is 6.54 Å². The molecule has 6 heteroatoms. The van der Waals surface area contributed by atoms with E-state index in [-0.39, 0.29) is 18.2 Å². The highest BCUT2D eigenvalue weighted by molar-refractivity contribution is 6.30. The van der Waals surface area contributed by atoms with Crippen molar-refractivity contribution in [1.29, 1.82) is 0 Å². The first-order valence-corrected chi connectivity index (χ1v) is 9.22. The number of carbonyl (C=O) groups is 2. The Morgan fingerprint density at radius 1 is 1.04 bits per heavy atom. The van der Waals surface area contributed by atoms with E-state index in [0.717, 1.165) is 11.1 Å². The van der Waals surface area contributed by atoms with Crippen molar-refractivity contribution in [2.24, 2.45) is 0 Å². The summed E-state index contributed by atoms with van der Waals surface area (Å²) < 4.78 is 0. The molecule has 0 unspecified atom stereocenters. The summed E-state index contributed by atoms with van der Waals surface area (Å²) in [6.07, 6.45) is 0.171. The van der Waals surface area contributed by atoms with Gasteiger partial charge in [-0.15, -0.1) is 0 Å². The third-order valence-electron chi connectivity index (χ3n) is 4.00. The second-order valence-electron chi connectivity index (χ2n) is 6.03. The van der Waals surface area contributed by atoms with E-state index in [9.17, 15) is 9.59 Å². The number of halogens is 2. The van der Waals surface area contributed by atoms with E-state index in [1.807, 2.05) is 25.1 Å². The summed E-state index contributed by atoms with van der Waals surface area (Å²) in [5, 5.41) is 3.94. The lowest BCUT2D eigenvalue weighted by Gasteiger charge is -2.29. The Morgan fingerprint density at radius 3 is 2.19 bits per heavy atom. The second-order valence-corrected chi connectivity index (χ2v) is 6.90. The predicted octanol–water partition coefficient (Wildman–Crippen LogP) is 4.09. The van der Waals surface area contributed by atoms with Gasteiger partial charge in [0.15, 0.2) is 0 Å². The summed E-state index contributed by atoms with van der Waals surface area (Å²) in [4.78, 5) is 26.8. The smallest absolute Gasteiger partial charge is 0.242 e. The van der Waals surface area contributed by atoms with Crippen molar-refractivity contribution in [3.8, 4) is 0 Å². The molecule has 1 N–H and O–H groups in total. The first kappa shape index (κ1) is 20.3. The van der Waals surface area contributed by atoms with Crippen molar-refractivity contribution >= 4 is 35.0 Å². The summed E-state index contributed by atoms with van der Waals surface area (Å²) in [7, 11) is 0. The number of benzene rings is 2. The third kappa shape index (κ3) is 5.75. The average Bonchev–Trinajstić information content (AvgIpc) is 2.59. The van der Waals surface area contributed by atoms with Crippen LogP contribution in [0.15, 0.2) is 48.5 Å². The van der Waals surface area contributed by atoms with Gasteiger partial charge in [-0.1, -0.05) is 47.5 Å². The van der Waals surface area contributed by atoms with Gasteiger partial charge in [0.2, 0.25) is 11.8 Å². The fourth-order valence-corrected chi connectivity index (χ4v) is 3.09. The summed E-state index contributed by atoms with van der Waals surface area (Å²) in [5.74, 6) is -0.333. The molecule has 0 aromatic heterocycles. The molecule has 0 bridgehead atoms. The summed E-state index contributed by atoms with van der Waals surface area (Å²) in [5.41, 5.74) is 1.68. The zero-order chi connectivity index (χ0) is 19.1. The van der Waals surface area contributed by atoms with Gasteiger partial charge in [-0.05, 0) is 49.2 Å². The minimum atomic E-state index is -0.597. The Morgan fingerprint density at radius 2 is 1.62 bits per heavy atom. The molecule has 0 aliphatic rings. The van der Waals surface area contributed by atoms with Crippen LogP contribution in [-0.4, -0.2) is 29.3 Å². The molecule has 0 saturated carbocycles. The van der Waals surface area contributed by atoms with Crippen LogP contribution in [0.1, 0.15) is 25.0 Å². The number of carbonyl (C=O) groups excluding carboxylic acids is 2. The first-order valence-electron chi connectivity index (χ1n) is 8.46. The number of hydrogen-bond acceptors (Lipinski definition) is 2. The van der Waals surface area contributed by atoms with Crippen LogP contribution in [0.25, 0.3) is 0 Å². The minimum Gasteiger partial charge on any atom is -0.355 e. The second kappa shape index (κ2) is 9.60. The molecule has 0 saturated heterocycles. The normalized spacial score (nSPS) is 11.7. The fraction of sp³-hybridized carbons (Fsp3) is 0.300. The van der Waals surface area contributed by atoms with Crippen LogP contribution in [-0.2, 0) is 22.6 Å². The third-order valence-corrected chi connectivity index (χ3v) is 4.47. The van der Waals surface area contributed by atoms with Gasteiger partial charge in [0, 0.05) is 23.1 Å². The van der Waals surface area contributed by atoms with Gasteiger partial charge in [0.05, 0.1) is 6.42 Å². The van der Waals surface area contributed by atoms with Gasteiger partial charge >= 0.3 is 0 Å². The van der Waals surface area contributed by atoms with E-state index >= 15 is 0 Å². The number of amides is 2. The SMILES string of the molecule is CCNC(=O)[C@H](C)N(Cc1cccc(Cl)c1)C(=O)Cc1cccc(Cl)c1. The van der Waals surface area contributed by atoms with E-state index in [0.29, 0.717) is 23.1 Å². The van der Waals surface area contributed by atoms with Crippen LogP contribution in [0.4, 0.5) is 0 Å². The molecule has 2 rings (SSSR count). The molecule has 26 heavy (non-hydrogen) atoms. The van der Waals surface area contributed by atoms with Crippen LogP contribution in [0, 0.1) is 0 Å². The molecular weight excluding hydrogens is 371 g/mol. The van der Waals surface area contributed by atoms with Gasteiger partial charge in [-0.3, -0.25) is 9.59 Å². The lowest BCUT2D eigenvalue weighted by molar-refractivity contribution is -0.140. The van der Waals surface area contributed by atoms with Gasteiger partial charge in [0.25, 0.3) is 0 Å². The highest BCUT2D eigenvalue weighted by Crippen LogP contribution is 2.17. The van der Waals surface area contributed by atoms with E-state index in [4.69, 9.17) is 23.2 Å². The Hall–Kier alpha value is -2.04. The topological polar surface area (TPSA) is 49.4 Å². The zero-order valence-corrected chi connectivity index (χ0v) is 16.3. The maximum absolute atomic E-state index is 12.9. The maximum atomic E-state index is 12.9. The number of likely N-dealkylation sites (N-methyl/N-ethyl adjacent to an activating group) is 1. The van der Waals surface area contributed by atoms with Crippen molar-refractivity contribution in [2.45, 2.75) is 32.9 Å². The molecule has 2 aromatic rings. The lowest BCUT2D eigenvalue weighted by atomic mass is 10.1. The van der Waals surface area contributed by atoms with E-state index in [1.54, 1.807) is 42.2 Å². The molecule has 0 spiro atoms. The van der Waals surface area contributed by atoms with Crippen LogP contribution in [0.3, 0.4) is 0 Å². The van der Waals surface area contributed by atoms with Crippen LogP contribution in [0.2, 0.25) is 10.0 Å². The van der Waals surface area contributed by atoms with Crippen LogP contribution < -0.4 is 5.32 Å². The van der Waals surface area contributed by atoms with Gasteiger partial charge in [0.1, 0.15) is 6.04 Å². The van der Waals surface area contributed by atoms with E-state index in [1.165, 1.54) is 0 Å². The largest absolute Gasteiger partial charge is 0.355 e. The monoisotopic (exact) mass is 392 g/mol. The average molecular weight is 393 g/mol. The lowest BCUT2D eigenvalue weighted by Crippen LogP contribution is -2.48.